The second-order valence-corrected chi connectivity index (χ2v) is 19.7. The Morgan fingerprint density at radius 2 is 0.430 bits per heavy atom. The van der Waals surface area contributed by atoms with Crippen molar-refractivity contribution < 1.29 is 154 Å². The molecule has 6 fully saturated rings. The molecule has 0 radical (unpaired) electrons. The summed E-state index contributed by atoms with van der Waals surface area (Å²) in [7, 11) is 0. The van der Waals surface area contributed by atoms with Gasteiger partial charge in [0.25, 0.3) is 29.5 Å². The number of ether oxygens (including phenoxy) is 6. The summed E-state index contributed by atoms with van der Waals surface area (Å²) in [4.78, 5) is 77.5. The van der Waals surface area contributed by atoms with E-state index in [0.717, 1.165) is 0 Å². The molecule has 19 unspecified atom stereocenters. The van der Waals surface area contributed by atoms with Gasteiger partial charge in [-0.1, -0.05) is 0 Å². The third-order valence-corrected chi connectivity index (χ3v) is 14.4. The van der Waals surface area contributed by atoms with Gasteiger partial charge in [0.05, 0.1) is 6.10 Å². The van der Waals surface area contributed by atoms with Crippen LogP contribution in [-0.4, -0.2) is 355 Å². The molecule has 6 saturated heterocycles. The van der Waals surface area contributed by atoms with E-state index in [1.807, 2.05) is 0 Å². The van der Waals surface area contributed by atoms with Gasteiger partial charge < -0.3 is 158 Å². The predicted octanol–water partition coefficient (Wildman–Crippen LogP) is -18.3. The van der Waals surface area contributed by atoms with Gasteiger partial charge in [0.2, 0.25) is 0 Å². The zero-order chi connectivity index (χ0) is 58.8. The number of hydrogen-bond acceptors (Lipinski definition) is 31. The van der Waals surface area contributed by atoms with E-state index in [0.29, 0.717) is 0 Å². The first kappa shape index (κ1) is 64.0. The molecule has 452 valence electrons. The first-order valence-electron chi connectivity index (χ1n) is 24.5. The number of hydrogen-bond donors (Lipinski definition) is 25. The van der Waals surface area contributed by atoms with Crippen LogP contribution in [-0.2, 0) is 57.2 Å². The number of carboxylic acid groups (broad SMARTS) is 1. The smallest absolute Gasteiger partial charge is 0.335 e. The Morgan fingerprint density at radius 1 is 0.266 bits per heavy atom. The molecule has 37 heteroatoms. The minimum absolute atomic E-state index is 0.366. The fourth-order valence-corrected chi connectivity index (χ4v) is 9.54. The molecule has 0 aromatic rings. The summed E-state index contributed by atoms with van der Waals surface area (Å²) in [5.41, 5.74) is 5.49. The van der Waals surface area contributed by atoms with E-state index in [2.05, 4.69) is 26.6 Å². The molecule has 0 spiro atoms. The Kier molecular flexibility index (Phi) is 21.7. The van der Waals surface area contributed by atoms with Crippen molar-refractivity contribution in [1.29, 1.82) is 0 Å². The molecule has 0 aromatic carbocycles. The molecule has 0 saturated carbocycles. The maximum atomic E-state index is 13.4. The van der Waals surface area contributed by atoms with Gasteiger partial charge in [0, 0.05) is 39.3 Å². The van der Waals surface area contributed by atoms with Crippen LogP contribution in [0.3, 0.4) is 0 Å². The van der Waals surface area contributed by atoms with Crippen molar-refractivity contribution in [2.45, 2.75) is 183 Å². The number of carbonyl (C=O) groups is 6. The number of nitrogens with one attached hydrogen (secondary N) is 5. The van der Waals surface area contributed by atoms with Crippen LogP contribution < -0.4 is 32.3 Å². The van der Waals surface area contributed by atoms with Crippen molar-refractivity contribution in [1.82, 2.24) is 26.6 Å². The van der Waals surface area contributed by atoms with Crippen molar-refractivity contribution in [2.75, 3.05) is 39.3 Å². The topological polar surface area (TPSA) is 628 Å². The molecule has 6 heterocycles. The maximum Gasteiger partial charge on any atom is 0.335 e. The number of aliphatic hydroxyl groups is 18. The fraction of sp³-hybridized carbons (Fsp3) is 0.857. The molecule has 6 aliphatic heterocycles. The molecule has 37 nitrogen and oxygen atoms in total. The predicted molar refractivity (Wildman–Crippen MR) is 242 cm³/mol. The monoisotopic (exact) mass is 1150 g/mol. The Bertz CT molecular complexity index is 2120. The number of nitrogens with two attached hydrogens (primary N) is 1. The molecule has 6 rings (SSSR count). The zero-order valence-corrected chi connectivity index (χ0v) is 41.0. The molecule has 6 aliphatic rings. The van der Waals surface area contributed by atoms with Crippen LogP contribution in [0.4, 0.5) is 0 Å². The fourth-order valence-electron chi connectivity index (χ4n) is 9.54. The van der Waals surface area contributed by atoms with E-state index in [1.54, 1.807) is 0 Å². The number of aliphatic hydroxyl groups excluding tert-OH is 18. The molecule has 26 N–H and O–H groups in total. The number of amides is 5. The van der Waals surface area contributed by atoms with Crippen LogP contribution in [0.1, 0.15) is 0 Å². The molecule has 0 aliphatic carbocycles. The van der Waals surface area contributed by atoms with Crippen molar-refractivity contribution >= 4 is 35.5 Å². The first-order chi connectivity index (χ1) is 37.0. The normalized spacial score (nSPS) is 46.5. The number of rotatable bonds is 17. The SMILES string of the molecule is NC[C@H]1O[C@@H](C(=O)NC[C@H]2O[C@@H](C(=O)NC[C@H]3O[C@@H](C(=O)NC[C@H]4O[C@@H](C(=O)NC[C@H]5O[C@@H](C(=O)NC[C@H]6OC(C(=O)O)C(O)C(O)C6O)C(O)C(O)C5O)C(O)C(O)C4O)C(O)C(O)C3O)C(O)C(O)C2O)C(O)C(O)C1O. The van der Waals surface area contributed by atoms with Gasteiger partial charge in [-0.3, -0.25) is 24.0 Å². The molecule has 0 aromatic heterocycles. The Balaban J connectivity index is 1.00. The lowest BCUT2D eigenvalue weighted by Crippen LogP contribution is -2.67. The van der Waals surface area contributed by atoms with Gasteiger partial charge in [-0.2, -0.15) is 0 Å². The molecule has 5 amide bonds. The average molecular weight is 1150 g/mol. The van der Waals surface area contributed by atoms with E-state index in [-0.39, 0.29) is 6.54 Å². The van der Waals surface area contributed by atoms with Gasteiger partial charge >= 0.3 is 5.97 Å². The van der Waals surface area contributed by atoms with Crippen molar-refractivity contribution in [3.8, 4) is 0 Å². The van der Waals surface area contributed by atoms with Crippen LogP contribution in [0.25, 0.3) is 0 Å². The molecular weight excluding hydrogens is 1080 g/mol. The lowest BCUT2D eigenvalue weighted by Gasteiger charge is -2.42. The van der Waals surface area contributed by atoms with Crippen molar-refractivity contribution in [3.05, 3.63) is 0 Å². The van der Waals surface area contributed by atoms with Crippen LogP contribution in [0.15, 0.2) is 0 Å². The quantitative estimate of drug-likeness (QED) is 0.0643. The van der Waals surface area contributed by atoms with Crippen LogP contribution in [0.5, 0.6) is 0 Å². The minimum Gasteiger partial charge on any atom is -0.479 e. The second-order valence-electron chi connectivity index (χ2n) is 19.7. The van der Waals surface area contributed by atoms with E-state index in [9.17, 15) is 126 Å². The second kappa shape index (κ2) is 26.8. The van der Waals surface area contributed by atoms with Crippen LogP contribution >= 0.6 is 0 Å². The zero-order valence-electron chi connectivity index (χ0n) is 41.0. The average Bonchev–Trinajstić information content (AvgIpc) is 3.43. The summed E-state index contributed by atoms with van der Waals surface area (Å²) in [5.74, 6) is -7.94. The summed E-state index contributed by atoms with van der Waals surface area (Å²) in [5, 5.41) is 208. The molecule has 79 heavy (non-hydrogen) atoms. The van der Waals surface area contributed by atoms with Gasteiger partial charge in [-0.05, 0) is 0 Å². The number of carbonyl (C=O) groups excluding carboxylic acids is 5. The standard InChI is InChI=1S/C42H68N6O31/c43-1-7-13(49)19(55)25(61)31(74-7)37(67)44-2-8-14(50)20(56)26(62)32(75-8)38(68)45-3-9-15(51)21(57)27(63)33(76-9)39(69)46-4-10-16(52)22(58)28(64)34(77-10)40(70)47-5-11-17(53)23(59)29(65)35(78-11)41(71)48-6-12-18(54)24(60)30(66)36(79-12)42(72)73/h7-36,49-66H,1-6,43H2,(H,44,67)(H,45,68)(H,46,69)(H,47,70)(H,48,71)(H,72,73)/t7-,8-,9-,10-,11-,12-,13?,14?,15?,16?,17?,18?,19?,20?,21?,22?,23?,24?,25?,26?,27?,28?,29?,30?,31-,32-,33-,34-,35-,36?/m1/s1. The maximum absolute atomic E-state index is 13.4. The van der Waals surface area contributed by atoms with Crippen LogP contribution in [0.2, 0.25) is 0 Å². The van der Waals surface area contributed by atoms with Gasteiger partial charge in [-0.25, -0.2) is 4.79 Å². The third kappa shape index (κ3) is 13.7. The lowest BCUT2D eigenvalue weighted by atomic mass is 9.92. The Labute approximate surface area is 443 Å². The van der Waals surface area contributed by atoms with E-state index < -0.39 is 251 Å². The van der Waals surface area contributed by atoms with Crippen LogP contribution in [0, 0.1) is 0 Å². The Hall–Kier alpha value is -4.18. The highest BCUT2D eigenvalue weighted by Crippen LogP contribution is 2.28. The van der Waals surface area contributed by atoms with E-state index >= 15 is 0 Å². The van der Waals surface area contributed by atoms with Gasteiger partial charge in [-0.15, -0.1) is 0 Å². The summed E-state index contributed by atoms with van der Waals surface area (Å²) < 4.78 is 32.2. The highest BCUT2D eigenvalue weighted by atomic mass is 16.6. The van der Waals surface area contributed by atoms with E-state index in [1.165, 1.54) is 0 Å². The van der Waals surface area contributed by atoms with Gasteiger partial charge in [0.15, 0.2) is 36.6 Å². The molecule has 30 atom stereocenters. The summed E-state index contributed by atoms with van der Waals surface area (Å²) >= 11 is 0. The number of aliphatic carboxylic acids is 1. The molecular formula is C42H68N6O31. The highest BCUT2D eigenvalue weighted by molar-refractivity contribution is 5.84. The highest BCUT2D eigenvalue weighted by Gasteiger charge is 2.54. The number of carboxylic acids is 1. The summed E-state index contributed by atoms with van der Waals surface area (Å²) in [6.45, 7) is -4.35. The molecule has 0 bridgehead atoms. The van der Waals surface area contributed by atoms with Crippen molar-refractivity contribution in [3.63, 3.8) is 0 Å². The minimum atomic E-state index is -2.20. The van der Waals surface area contributed by atoms with Crippen molar-refractivity contribution in [2.24, 2.45) is 5.73 Å². The summed E-state index contributed by atoms with van der Waals surface area (Å²) in [6.07, 6.45) is -58.7. The van der Waals surface area contributed by atoms with Gasteiger partial charge in [0.1, 0.15) is 140 Å². The largest absolute Gasteiger partial charge is 0.479 e. The Morgan fingerprint density at radius 3 is 0.620 bits per heavy atom. The first-order valence-corrected chi connectivity index (χ1v) is 24.5. The summed E-state index contributed by atoms with van der Waals surface area (Å²) in [6, 6.07) is 0. The third-order valence-electron chi connectivity index (χ3n) is 14.4. The lowest BCUT2D eigenvalue weighted by molar-refractivity contribution is -0.229. The van der Waals surface area contributed by atoms with E-state index in [4.69, 9.17) is 34.2 Å².